The molecule has 1 aliphatic rings. The molecule has 1 amide bonds. The van der Waals surface area contributed by atoms with E-state index in [4.69, 9.17) is 4.74 Å². The van der Waals surface area contributed by atoms with Gasteiger partial charge in [0, 0.05) is 24.6 Å². The molecular formula is C18H18N2O2. The Balaban J connectivity index is 2.14. The van der Waals surface area contributed by atoms with Gasteiger partial charge in [0.25, 0.3) is 0 Å². The maximum atomic E-state index is 11.8. The van der Waals surface area contributed by atoms with E-state index in [0.717, 1.165) is 28.3 Å². The number of benzene rings is 2. The van der Waals surface area contributed by atoms with E-state index in [1.54, 1.807) is 18.9 Å². The molecule has 22 heavy (non-hydrogen) atoms. The fraction of sp³-hybridized carbons (Fsp3) is 0.222. The summed E-state index contributed by atoms with van der Waals surface area (Å²) < 4.78 is 5.47. The van der Waals surface area contributed by atoms with Crippen LogP contribution in [0.2, 0.25) is 0 Å². The van der Waals surface area contributed by atoms with E-state index in [-0.39, 0.29) is 5.91 Å². The Morgan fingerprint density at radius 3 is 2.36 bits per heavy atom. The third-order valence-corrected chi connectivity index (χ3v) is 3.79. The molecule has 0 N–H and O–H groups in total. The van der Waals surface area contributed by atoms with Gasteiger partial charge < -0.3 is 4.74 Å². The molecule has 2 aromatic carbocycles. The van der Waals surface area contributed by atoms with E-state index >= 15 is 0 Å². The maximum Gasteiger partial charge on any atom is 0.225 e. The van der Waals surface area contributed by atoms with Gasteiger partial charge in [0.1, 0.15) is 11.6 Å². The third-order valence-electron chi connectivity index (χ3n) is 3.79. The van der Waals surface area contributed by atoms with Crippen molar-refractivity contribution in [3.8, 4) is 16.9 Å². The fourth-order valence-electron chi connectivity index (χ4n) is 2.76. The van der Waals surface area contributed by atoms with Crippen molar-refractivity contribution in [3.63, 3.8) is 0 Å². The number of amides is 1. The van der Waals surface area contributed by atoms with Gasteiger partial charge in [-0.3, -0.25) is 14.7 Å². The lowest BCUT2D eigenvalue weighted by Crippen LogP contribution is -2.33. The summed E-state index contributed by atoms with van der Waals surface area (Å²) in [6, 6.07) is 15.9. The molecule has 0 aliphatic carbocycles. The largest absolute Gasteiger partial charge is 0.496 e. The van der Waals surface area contributed by atoms with Crippen LogP contribution in [0.15, 0.2) is 53.5 Å². The number of amidine groups is 1. The monoisotopic (exact) mass is 294 g/mol. The van der Waals surface area contributed by atoms with Gasteiger partial charge in [-0.15, -0.1) is 0 Å². The highest BCUT2D eigenvalue weighted by Crippen LogP contribution is 2.33. The summed E-state index contributed by atoms with van der Waals surface area (Å²) in [6.45, 7) is 2.87. The SMILES string of the molecule is COc1ccccc1-c1ccccc1C1=NCCN1C(C)=O. The molecule has 0 unspecified atom stereocenters. The second-order valence-corrected chi connectivity index (χ2v) is 5.12. The standard InChI is InChI=1S/C18H18N2O2/c1-13(21)20-12-11-19-18(20)16-9-4-3-7-14(16)15-8-5-6-10-17(15)22-2/h3-10H,11-12H2,1-2H3. The van der Waals surface area contributed by atoms with Gasteiger partial charge >= 0.3 is 0 Å². The van der Waals surface area contributed by atoms with Gasteiger partial charge in [0.05, 0.1) is 13.7 Å². The van der Waals surface area contributed by atoms with Crippen LogP contribution < -0.4 is 4.74 Å². The zero-order chi connectivity index (χ0) is 15.5. The van der Waals surface area contributed by atoms with E-state index in [1.165, 1.54) is 0 Å². The minimum Gasteiger partial charge on any atom is -0.496 e. The molecule has 3 rings (SSSR count). The topological polar surface area (TPSA) is 41.9 Å². The van der Waals surface area contributed by atoms with Gasteiger partial charge in [0.2, 0.25) is 5.91 Å². The Kier molecular flexibility index (Phi) is 3.92. The summed E-state index contributed by atoms with van der Waals surface area (Å²) in [6.07, 6.45) is 0. The average Bonchev–Trinajstić information content (AvgIpc) is 3.04. The summed E-state index contributed by atoms with van der Waals surface area (Å²) in [7, 11) is 1.66. The molecule has 0 fully saturated rings. The summed E-state index contributed by atoms with van der Waals surface area (Å²) in [5.74, 6) is 1.57. The predicted octanol–water partition coefficient (Wildman–Crippen LogP) is 2.97. The van der Waals surface area contributed by atoms with Crippen LogP contribution in [0, 0.1) is 0 Å². The molecule has 112 valence electrons. The quantitative estimate of drug-likeness (QED) is 0.873. The van der Waals surface area contributed by atoms with Crippen molar-refractivity contribution in [2.24, 2.45) is 4.99 Å². The molecule has 0 saturated carbocycles. The molecule has 2 aromatic rings. The van der Waals surface area contributed by atoms with Gasteiger partial charge in [0.15, 0.2) is 0 Å². The Morgan fingerprint density at radius 1 is 1.05 bits per heavy atom. The van der Waals surface area contributed by atoms with Crippen LogP contribution in [0.1, 0.15) is 12.5 Å². The van der Waals surface area contributed by atoms with Crippen molar-refractivity contribution < 1.29 is 9.53 Å². The van der Waals surface area contributed by atoms with Crippen molar-refractivity contribution >= 4 is 11.7 Å². The molecule has 1 heterocycles. The normalized spacial score (nSPS) is 13.9. The second kappa shape index (κ2) is 6.02. The Hall–Kier alpha value is -2.62. The number of aliphatic imine (C=N–C) groups is 1. The van der Waals surface area contributed by atoms with Gasteiger partial charge in [-0.25, -0.2) is 0 Å². The summed E-state index contributed by atoms with van der Waals surface area (Å²) in [5.41, 5.74) is 2.98. The number of hydrogen-bond donors (Lipinski definition) is 0. The van der Waals surface area contributed by atoms with Crippen LogP contribution in [0.5, 0.6) is 5.75 Å². The fourth-order valence-corrected chi connectivity index (χ4v) is 2.76. The zero-order valence-electron chi connectivity index (χ0n) is 12.7. The lowest BCUT2D eigenvalue weighted by molar-refractivity contribution is -0.124. The van der Waals surface area contributed by atoms with Crippen molar-refractivity contribution in [2.45, 2.75) is 6.92 Å². The molecule has 0 saturated heterocycles. The first kappa shape index (κ1) is 14.3. The molecule has 0 bridgehead atoms. The summed E-state index contributed by atoms with van der Waals surface area (Å²) in [4.78, 5) is 18.1. The smallest absolute Gasteiger partial charge is 0.225 e. The summed E-state index contributed by atoms with van der Waals surface area (Å²) >= 11 is 0. The molecular weight excluding hydrogens is 276 g/mol. The van der Waals surface area contributed by atoms with Crippen LogP contribution in [0.25, 0.3) is 11.1 Å². The minimum absolute atomic E-state index is 0.0195. The number of para-hydroxylation sites is 1. The molecule has 0 aromatic heterocycles. The van der Waals surface area contributed by atoms with Crippen LogP contribution in [-0.2, 0) is 4.79 Å². The summed E-state index contributed by atoms with van der Waals surface area (Å²) in [5, 5.41) is 0. The highest BCUT2D eigenvalue weighted by molar-refractivity contribution is 6.12. The molecule has 0 radical (unpaired) electrons. The Bertz CT molecular complexity index is 737. The molecule has 4 heteroatoms. The predicted molar refractivity (Wildman–Crippen MR) is 87.2 cm³/mol. The average molecular weight is 294 g/mol. The minimum atomic E-state index is 0.0195. The first-order valence-corrected chi connectivity index (χ1v) is 7.27. The van der Waals surface area contributed by atoms with Gasteiger partial charge in [-0.05, 0) is 11.6 Å². The number of rotatable bonds is 3. The lowest BCUT2D eigenvalue weighted by atomic mass is 9.98. The van der Waals surface area contributed by atoms with Gasteiger partial charge in [-0.2, -0.15) is 0 Å². The van der Waals surface area contributed by atoms with Crippen LogP contribution >= 0.6 is 0 Å². The van der Waals surface area contributed by atoms with Crippen molar-refractivity contribution in [1.82, 2.24) is 4.90 Å². The number of nitrogens with zero attached hydrogens (tertiary/aromatic N) is 2. The Morgan fingerprint density at radius 2 is 1.68 bits per heavy atom. The molecule has 1 aliphatic heterocycles. The van der Waals surface area contributed by atoms with Crippen molar-refractivity contribution in [2.75, 3.05) is 20.2 Å². The van der Waals surface area contributed by atoms with E-state index < -0.39 is 0 Å². The second-order valence-electron chi connectivity index (χ2n) is 5.12. The number of carbonyl (C=O) groups excluding carboxylic acids is 1. The Labute approximate surface area is 130 Å². The highest BCUT2D eigenvalue weighted by atomic mass is 16.5. The van der Waals surface area contributed by atoms with Crippen LogP contribution in [-0.4, -0.2) is 36.8 Å². The van der Waals surface area contributed by atoms with Crippen LogP contribution in [0.4, 0.5) is 0 Å². The highest BCUT2D eigenvalue weighted by Gasteiger charge is 2.24. The molecule has 0 atom stereocenters. The van der Waals surface area contributed by atoms with Crippen molar-refractivity contribution in [3.05, 3.63) is 54.1 Å². The lowest BCUT2D eigenvalue weighted by Gasteiger charge is -2.19. The molecule has 4 nitrogen and oxygen atoms in total. The van der Waals surface area contributed by atoms with Crippen LogP contribution in [0.3, 0.4) is 0 Å². The number of hydrogen-bond acceptors (Lipinski definition) is 3. The first-order valence-electron chi connectivity index (χ1n) is 7.27. The number of methoxy groups -OCH3 is 1. The first-order chi connectivity index (χ1) is 10.7. The number of ether oxygens (including phenoxy) is 1. The van der Waals surface area contributed by atoms with Crippen molar-refractivity contribution in [1.29, 1.82) is 0 Å². The zero-order valence-corrected chi connectivity index (χ0v) is 12.7. The third kappa shape index (κ3) is 2.48. The van der Waals surface area contributed by atoms with Gasteiger partial charge in [-0.1, -0.05) is 42.5 Å². The molecule has 0 spiro atoms. The van der Waals surface area contributed by atoms with E-state index in [0.29, 0.717) is 13.1 Å². The van der Waals surface area contributed by atoms with E-state index in [2.05, 4.69) is 4.99 Å². The van der Waals surface area contributed by atoms with E-state index in [9.17, 15) is 4.79 Å². The number of carbonyl (C=O) groups is 1. The van der Waals surface area contributed by atoms with E-state index in [1.807, 2.05) is 48.5 Å². The maximum absolute atomic E-state index is 11.8.